The number of aliphatic hydroxyl groups is 1. The Morgan fingerprint density at radius 3 is 0.676 bits per heavy atom. The van der Waals surface area contributed by atoms with Gasteiger partial charge in [0.05, 0.1) is 26.4 Å². The Bertz CT molecular complexity index is 2040. The van der Waals surface area contributed by atoms with Gasteiger partial charge >= 0.3 is 39.5 Å². The molecule has 4 unspecified atom stereocenters. The standard InChI is InChI=1S/C86H168O17P2/c1-9-79(8)65-57-49-41-33-27-20-16-12-10-11-13-17-21-28-34-42-50-58-66-83(88)96-72-81(102-85(90)68-60-52-43-35-29-22-18-14-15-19-25-31-38-46-54-62-76(2)3)74-100-104(92,93)98-70-80(87)71-99-105(94,95)101-75-82(73-97-84(89)67-59-51-45-37-40-48-56-64-78(6)7)103-86(91)69-61-53-44-36-30-24-23-26-32-39-47-55-63-77(4)5/h76-82,87H,9-75H2,1-8H3,(H,92,93)(H,94,95)/t79?,80?,81-,82-/m1/s1. The molecule has 0 aliphatic rings. The lowest BCUT2D eigenvalue weighted by molar-refractivity contribution is -0.161. The van der Waals surface area contributed by atoms with Crippen LogP contribution in [0, 0.1) is 23.7 Å². The molecular formula is C86H168O17P2. The largest absolute Gasteiger partial charge is 0.472 e. The van der Waals surface area contributed by atoms with Gasteiger partial charge in [0.25, 0.3) is 0 Å². The number of rotatable bonds is 83. The second-order valence-electron chi connectivity index (χ2n) is 32.6. The van der Waals surface area contributed by atoms with Gasteiger partial charge in [-0.1, -0.05) is 396 Å². The fraction of sp³-hybridized carbons (Fsp3) is 0.953. The minimum absolute atomic E-state index is 0.106. The molecule has 0 saturated carbocycles. The summed E-state index contributed by atoms with van der Waals surface area (Å²) in [6.45, 7) is 14.3. The molecule has 624 valence electrons. The number of unbranched alkanes of at least 4 members (excludes halogenated alkanes) is 48. The van der Waals surface area contributed by atoms with Gasteiger partial charge in [-0.05, 0) is 49.4 Å². The van der Waals surface area contributed by atoms with Crippen LogP contribution in [0.5, 0.6) is 0 Å². The van der Waals surface area contributed by atoms with Crippen molar-refractivity contribution < 1.29 is 80.2 Å². The van der Waals surface area contributed by atoms with E-state index in [4.69, 9.17) is 37.0 Å². The Morgan fingerprint density at radius 1 is 0.267 bits per heavy atom. The van der Waals surface area contributed by atoms with Crippen LogP contribution in [-0.4, -0.2) is 96.7 Å². The molecule has 105 heavy (non-hydrogen) atoms. The molecule has 0 radical (unpaired) electrons. The molecular weight excluding hydrogens is 1370 g/mol. The minimum atomic E-state index is -4.97. The van der Waals surface area contributed by atoms with Crippen molar-refractivity contribution in [1.29, 1.82) is 0 Å². The molecule has 0 fully saturated rings. The van der Waals surface area contributed by atoms with Crippen LogP contribution in [0.25, 0.3) is 0 Å². The third-order valence-electron chi connectivity index (χ3n) is 20.4. The summed E-state index contributed by atoms with van der Waals surface area (Å²) in [4.78, 5) is 73.2. The predicted octanol–water partition coefficient (Wildman–Crippen LogP) is 25.9. The second kappa shape index (κ2) is 74.8. The molecule has 0 aromatic rings. The SMILES string of the molecule is CCC(C)CCCCCCCCCCCCCCCCCCCCC(=O)OC[C@H](COP(=O)(O)OCC(O)COP(=O)(O)OC[C@@H](COC(=O)CCCCCCCCCC(C)C)OC(=O)CCCCCCCCCCCCCCC(C)C)OC(=O)CCCCCCCCCCCCCCCCCC(C)C. The van der Waals surface area contributed by atoms with Crippen LogP contribution in [0.4, 0.5) is 0 Å². The van der Waals surface area contributed by atoms with Crippen molar-refractivity contribution in [3.05, 3.63) is 0 Å². The van der Waals surface area contributed by atoms with Crippen LogP contribution >= 0.6 is 15.6 Å². The van der Waals surface area contributed by atoms with Gasteiger partial charge in [0, 0.05) is 25.7 Å². The van der Waals surface area contributed by atoms with Crippen LogP contribution < -0.4 is 0 Å². The molecule has 0 spiro atoms. The van der Waals surface area contributed by atoms with E-state index in [0.29, 0.717) is 31.6 Å². The van der Waals surface area contributed by atoms with E-state index in [1.807, 2.05) is 0 Å². The van der Waals surface area contributed by atoms with Gasteiger partial charge in [-0.3, -0.25) is 37.3 Å². The maximum absolute atomic E-state index is 13.1. The third kappa shape index (κ3) is 78.5. The molecule has 19 heteroatoms. The van der Waals surface area contributed by atoms with Crippen molar-refractivity contribution >= 4 is 39.5 Å². The van der Waals surface area contributed by atoms with Gasteiger partial charge in [-0.2, -0.15) is 0 Å². The summed E-state index contributed by atoms with van der Waals surface area (Å²) in [7, 11) is -9.93. The number of esters is 4. The fourth-order valence-corrected chi connectivity index (χ4v) is 14.9. The van der Waals surface area contributed by atoms with Gasteiger partial charge in [-0.25, -0.2) is 9.13 Å². The zero-order valence-corrected chi connectivity index (χ0v) is 71.2. The number of hydrogen-bond donors (Lipinski definition) is 3. The maximum Gasteiger partial charge on any atom is 0.472 e. The Labute approximate surface area is 645 Å². The van der Waals surface area contributed by atoms with E-state index in [1.165, 1.54) is 244 Å². The van der Waals surface area contributed by atoms with Crippen molar-refractivity contribution in [2.45, 2.75) is 465 Å². The number of carbonyl (C=O) groups is 4. The van der Waals surface area contributed by atoms with Gasteiger partial charge < -0.3 is 33.8 Å². The first-order valence-corrected chi connectivity index (χ1v) is 47.2. The van der Waals surface area contributed by atoms with Crippen LogP contribution in [0.2, 0.25) is 0 Å². The van der Waals surface area contributed by atoms with Crippen molar-refractivity contribution in [3.8, 4) is 0 Å². The van der Waals surface area contributed by atoms with Crippen molar-refractivity contribution in [2.24, 2.45) is 23.7 Å². The normalized spacial score (nSPS) is 14.2. The van der Waals surface area contributed by atoms with Crippen molar-refractivity contribution in [2.75, 3.05) is 39.6 Å². The Balaban J connectivity index is 5.22. The molecule has 0 heterocycles. The highest BCUT2D eigenvalue weighted by atomic mass is 31.2. The number of ether oxygens (including phenoxy) is 4. The lowest BCUT2D eigenvalue weighted by Crippen LogP contribution is -2.30. The fourth-order valence-electron chi connectivity index (χ4n) is 13.3. The topological polar surface area (TPSA) is 237 Å². The molecule has 0 aliphatic carbocycles. The van der Waals surface area contributed by atoms with E-state index in [2.05, 4.69) is 55.4 Å². The van der Waals surface area contributed by atoms with Gasteiger partial charge in [0.1, 0.15) is 19.3 Å². The summed E-state index contributed by atoms with van der Waals surface area (Å²) in [5, 5.41) is 10.7. The summed E-state index contributed by atoms with van der Waals surface area (Å²) < 4.78 is 68.9. The van der Waals surface area contributed by atoms with Gasteiger partial charge in [0.15, 0.2) is 12.2 Å². The van der Waals surface area contributed by atoms with E-state index in [-0.39, 0.29) is 25.7 Å². The van der Waals surface area contributed by atoms with E-state index in [1.54, 1.807) is 0 Å². The van der Waals surface area contributed by atoms with Crippen LogP contribution in [0.15, 0.2) is 0 Å². The molecule has 0 bridgehead atoms. The summed E-state index contributed by atoms with van der Waals surface area (Å²) in [6, 6.07) is 0. The minimum Gasteiger partial charge on any atom is -0.462 e. The lowest BCUT2D eigenvalue weighted by Gasteiger charge is -2.21. The summed E-state index contributed by atoms with van der Waals surface area (Å²) >= 11 is 0. The number of phosphoric ester groups is 2. The number of aliphatic hydroxyl groups excluding tert-OH is 1. The molecule has 0 amide bonds. The van der Waals surface area contributed by atoms with E-state index >= 15 is 0 Å². The average Bonchev–Trinajstić information content (AvgIpc) is 0.908. The highest BCUT2D eigenvalue weighted by molar-refractivity contribution is 7.47. The highest BCUT2D eigenvalue weighted by Gasteiger charge is 2.31. The van der Waals surface area contributed by atoms with Crippen molar-refractivity contribution in [1.82, 2.24) is 0 Å². The highest BCUT2D eigenvalue weighted by Crippen LogP contribution is 2.45. The third-order valence-corrected chi connectivity index (χ3v) is 22.3. The first-order chi connectivity index (χ1) is 50.6. The van der Waals surface area contributed by atoms with E-state index in [9.17, 15) is 43.2 Å². The number of carbonyl (C=O) groups excluding carboxylic acids is 4. The zero-order chi connectivity index (χ0) is 77.4. The van der Waals surface area contributed by atoms with Crippen LogP contribution in [0.3, 0.4) is 0 Å². The van der Waals surface area contributed by atoms with Crippen LogP contribution in [-0.2, 0) is 65.4 Å². The Hall–Kier alpha value is -1.94. The van der Waals surface area contributed by atoms with Gasteiger partial charge in [-0.15, -0.1) is 0 Å². The molecule has 17 nitrogen and oxygen atoms in total. The monoisotopic (exact) mass is 1540 g/mol. The smallest absolute Gasteiger partial charge is 0.462 e. The number of hydrogen-bond acceptors (Lipinski definition) is 15. The quantitative estimate of drug-likeness (QED) is 0.0222. The molecule has 0 aliphatic heterocycles. The Morgan fingerprint density at radius 2 is 0.457 bits per heavy atom. The maximum atomic E-state index is 13.1. The zero-order valence-electron chi connectivity index (χ0n) is 69.4. The average molecular weight is 1540 g/mol. The number of phosphoric acid groups is 2. The molecule has 0 rings (SSSR count). The first-order valence-electron chi connectivity index (χ1n) is 44.2. The predicted molar refractivity (Wildman–Crippen MR) is 432 cm³/mol. The van der Waals surface area contributed by atoms with E-state index < -0.39 is 97.5 Å². The molecule has 0 saturated heterocycles. The summed E-state index contributed by atoms with van der Waals surface area (Å²) in [5.74, 6) is 1.05. The first kappa shape index (κ1) is 103. The summed E-state index contributed by atoms with van der Waals surface area (Å²) in [6.07, 6.45) is 64.0. The van der Waals surface area contributed by atoms with E-state index in [0.717, 1.165) is 114 Å². The molecule has 0 aromatic heterocycles. The van der Waals surface area contributed by atoms with Crippen molar-refractivity contribution in [3.63, 3.8) is 0 Å². The molecule has 6 atom stereocenters. The second-order valence-corrected chi connectivity index (χ2v) is 35.5. The lowest BCUT2D eigenvalue weighted by atomic mass is 9.99. The Kier molecular flexibility index (Phi) is 73.4. The van der Waals surface area contributed by atoms with Crippen LogP contribution in [0.1, 0.15) is 447 Å². The molecule has 3 N–H and O–H groups in total. The summed E-state index contributed by atoms with van der Waals surface area (Å²) in [5.41, 5.74) is 0. The molecule has 0 aromatic carbocycles. The van der Waals surface area contributed by atoms with Gasteiger partial charge in [0.2, 0.25) is 0 Å².